The predicted molar refractivity (Wildman–Crippen MR) is 114 cm³/mol. The van der Waals surface area contributed by atoms with Crippen molar-refractivity contribution >= 4 is 32.4 Å². The number of nitrogens with one attached hydrogen (secondary N) is 2. The fourth-order valence-electron chi connectivity index (χ4n) is 3.39. The van der Waals surface area contributed by atoms with Crippen molar-refractivity contribution in [2.24, 2.45) is 0 Å². The molecular formula is C20H26N4O3S2. The highest BCUT2D eigenvalue weighted by Gasteiger charge is 2.28. The van der Waals surface area contributed by atoms with Crippen molar-refractivity contribution < 1.29 is 13.2 Å². The van der Waals surface area contributed by atoms with Crippen LogP contribution in [0.3, 0.4) is 0 Å². The summed E-state index contributed by atoms with van der Waals surface area (Å²) in [6.07, 6.45) is 4.45. The summed E-state index contributed by atoms with van der Waals surface area (Å²) in [5, 5.41) is 6.50. The SMILES string of the molecule is CCc1csc(NC2CCN(C(=O)c3ccc(S(=O)(=O)NC4CC4)cc3)CC2)n1. The Labute approximate surface area is 175 Å². The predicted octanol–water partition coefficient (Wildman–Crippen LogP) is 2.86. The van der Waals surface area contributed by atoms with Crippen molar-refractivity contribution in [2.45, 2.75) is 56.0 Å². The lowest BCUT2D eigenvalue weighted by Crippen LogP contribution is -2.42. The van der Waals surface area contributed by atoms with Gasteiger partial charge in [-0.2, -0.15) is 0 Å². The van der Waals surface area contributed by atoms with Crippen molar-refractivity contribution in [1.82, 2.24) is 14.6 Å². The van der Waals surface area contributed by atoms with Crippen molar-refractivity contribution in [3.63, 3.8) is 0 Å². The highest BCUT2D eigenvalue weighted by Crippen LogP contribution is 2.24. The molecule has 1 saturated heterocycles. The fraction of sp³-hybridized carbons (Fsp3) is 0.500. The number of aromatic nitrogens is 1. The third-order valence-corrected chi connectivity index (χ3v) is 7.69. The standard InChI is InChI=1S/C20H26N4O3S2/c1-2-15-13-28-20(21-15)22-16-9-11-24(12-10-16)19(25)14-3-7-18(8-4-14)29(26,27)23-17-5-6-17/h3-4,7-8,13,16-17,23H,2,5-6,9-12H2,1H3,(H,21,22). The van der Waals surface area contributed by atoms with Gasteiger partial charge < -0.3 is 10.2 Å². The Hall–Kier alpha value is -1.97. The second kappa shape index (κ2) is 8.41. The van der Waals surface area contributed by atoms with E-state index in [9.17, 15) is 13.2 Å². The molecule has 1 amide bonds. The highest BCUT2D eigenvalue weighted by molar-refractivity contribution is 7.89. The zero-order chi connectivity index (χ0) is 20.4. The second-order valence-electron chi connectivity index (χ2n) is 7.63. The number of nitrogens with zero attached hydrogens (tertiary/aromatic N) is 2. The summed E-state index contributed by atoms with van der Waals surface area (Å²) < 4.78 is 27.2. The molecule has 1 aliphatic carbocycles. The van der Waals surface area contributed by atoms with Gasteiger partial charge in [0.2, 0.25) is 10.0 Å². The van der Waals surface area contributed by atoms with Crippen LogP contribution in [0.4, 0.5) is 5.13 Å². The minimum Gasteiger partial charge on any atom is -0.359 e. The van der Waals surface area contributed by atoms with E-state index in [1.807, 2.05) is 4.90 Å². The summed E-state index contributed by atoms with van der Waals surface area (Å²) in [6.45, 7) is 3.44. The number of sulfonamides is 1. The molecule has 2 aliphatic rings. The van der Waals surface area contributed by atoms with E-state index in [-0.39, 0.29) is 16.8 Å². The van der Waals surface area contributed by atoms with Gasteiger partial charge >= 0.3 is 0 Å². The van der Waals surface area contributed by atoms with Gasteiger partial charge in [0.25, 0.3) is 5.91 Å². The largest absolute Gasteiger partial charge is 0.359 e. The van der Waals surface area contributed by atoms with Crippen LogP contribution in [0, 0.1) is 0 Å². The Balaban J connectivity index is 1.32. The Morgan fingerprint density at radius 2 is 1.83 bits per heavy atom. The fourth-order valence-corrected chi connectivity index (χ4v) is 5.56. The number of amides is 1. The quantitative estimate of drug-likeness (QED) is 0.699. The number of hydrogen-bond donors (Lipinski definition) is 2. The molecule has 4 rings (SSSR count). The van der Waals surface area contributed by atoms with E-state index in [1.54, 1.807) is 23.5 Å². The van der Waals surface area contributed by atoms with Gasteiger partial charge in [-0.25, -0.2) is 18.1 Å². The number of hydrogen-bond acceptors (Lipinski definition) is 6. The monoisotopic (exact) mass is 434 g/mol. The number of piperidine rings is 1. The molecule has 1 aromatic carbocycles. The van der Waals surface area contributed by atoms with Crippen LogP contribution < -0.4 is 10.0 Å². The van der Waals surface area contributed by atoms with Crippen LogP contribution in [0.2, 0.25) is 0 Å². The van der Waals surface area contributed by atoms with Crippen LogP contribution in [0.5, 0.6) is 0 Å². The van der Waals surface area contributed by atoms with E-state index >= 15 is 0 Å². The number of thiazole rings is 1. The third-order valence-electron chi connectivity index (χ3n) is 5.33. The Morgan fingerprint density at radius 1 is 1.14 bits per heavy atom. The number of carbonyl (C=O) groups excluding carboxylic acids is 1. The first-order chi connectivity index (χ1) is 13.9. The number of anilines is 1. The molecule has 0 bridgehead atoms. The molecule has 0 spiro atoms. The van der Waals surface area contributed by atoms with Crippen molar-refractivity contribution in [3.8, 4) is 0 Å². The topological polar surface area (TPSA) is 91.4 Å². The van der Waals surface area contributed by atoms with Gasteiger partial charge in [0.1, 0.15) is 0 Å². The summed E-state index contributed by atoms with van der Waals surface area (Å²) in [5.41, 5.74) is 1.62. The number of aryl methyl sites for hydroxylation is 1. The number of rotatable bonds is 7. The third kappa shape index (κ3) is 4.96. The zero-order valence-electron chi connectivity index (χ0n) is 16.4. The Bertz CT molecular complexity index is 960. The molecule has 9 heteroatoms. The van der Waals surface area contributed by atoms with E-state index in [0.29, 0.717) is 24.7 Å². The Kier molecular flexibility index (Phi) is 5.89. The molecule has 156 valence electrons. The van der Waals surface area contributed by atoms with Crippen LogP contribution in [-0.2, 0) is 16.4 Å². The van der Waals surface area contributed by atoms with Crippen LogP contribution in [-0.4, -0.2) is 49.4 Å². The molecule has 2 N–H and O–H groups in total. The van der Waals surface area contributed by atoms with E-state index < -0.39 is 10.0 Å². The maximum atomic E-state index is 12.8. The molecule has 1 saturated carbocycles. The molecule has 2 aromatic rings. The summed E-state index contributed by atoms with van der Waals surface area (Å²) in [6, 6.07) is 6.62. The molecule has 7 nitrogen and oxygen atoms in total. The minimum absolute atomic E-state index is 0.0509. The average Bonchev–Trinajstić information content (AvgIpc) is 3.42. The first-order valence-electron chi connectivity index (χ1n) is 10.1. The van der Waals surface area contributed by atoms with E-state index in [2.05, 4.69) is 27.3 Å². The van der Waals surface area contributed by atoms with E-state index in [0.717, 1.165) is 42.9 Å². The summed E-state index contributed by atoms with van der Waals surface area (Å²) in [5.74, 6) is -0.0509. The minimum atomic E-state index is -3.49. The van der Waals surface area contributed by atoms with Gasteiger partial charge in [0.05, 0.1) is 10.6 Å². The van der Waals surface area contributed by atoms with Crippen molar-refractivity contribution in [3.05, 3.63) is 40.9 Å². The lowest BCUT2D eigenvalue weighted by molar-refractivity contribution is 0.0718. The first-order valence-corrected chi connectivity index (χ1v) is 12.4. The molecule has 1 aliphatic heterocycles. The molecule has 1 aromatic heterocycles. The summed E-state index contributed by atoms with van der Waals surface area (Å²) in [4.78, 5) is 19.4. The van der Waals surface area contributed by atoms with Crippen molar-refractivity contribution in [1.29, 1.82) is 0 Å². The molecule has 2 heterocycles. The maximum Gasteiger partial charge on any atom is 0.253 e. The van der Waals surface area contributed by atoms with Gasteiger partial charge in [-0.1, -0.05) is 6.92 Å². The van der Waals surface area contributed by atoms with Gasteiger partial charge in [-0.15, -0.1) is 11.3 Å². The first kappa shape index (κ1) is 20.3. The van der Waals surface area contributed by atoms with E-state index in [1.165, 1.54) is 12.1 Å². The van der Waals surface area contributed by atoms with Crippen LogP contribution in [0.25, 0.3) is 0 Å². The molecule has 0 radical (unpaired) electrons. The van der Waals surface area contributed by atoms with Crippen LogP contribution in [0.15, 0.2) is 34.5 Å². The molecule has 29 heavy (non-hydrogen) atoms. The highest BCUT2D eigenvalue weighted by atomic mass is 32.2. The lowest BCUT2D eigenvalue weighted by atomic mass is 10.0. The van der Waals surface area contributed by atoms with Gasteiger partial charge in [0.15, 0.2) is 5.13 Å². The molecule has 0 atom stereocenters. The summed E-state index contributed by atoms with van der Waals surface area (Å²) >= 11 is 1.63. The van der Waals surface area contributed by atoms with Crippen molar-refractivity contribution in [2.75, 3.05) is 18.4 Å². The number of benzene rings is 1. The smallest absolute Gasteiger partial charge is 0.253 e. The molecule has 0 unspecified atom stereocenters. The number of likely N-dealkylation sites (tertiary alicyclic amines) is 1. The normalized spacial score (nSPS) is 18.0. The average molecular weight is 435 g/mol. The number of carbonyl (C=O) groups is 1. The molecular weight excluding hydrogens is 408 g/mol. The van der Waals surface area contributed by atoms with Crippen LogP contribution >= 0.6 is 11.3 Å². The van der Waals surface area contributed by atoms with Gasteiger partial charge in [-0.05, 0) is 56.4 Å². The van der Waals surface area contributed by atoms with Gasteiger partial charge in [-0.3, -0.25) is 4.79 Å². The summed E-state index contributed by atoms with van der Waals surface area (Å²) in [7, 11) is -3.49. The van der Waals surface area contributed by atoms with Gasteiger partial charge in [0, 0.05) is 36.1 Å². The van der Waals surface area contributed by atoms with Crippen LogP contribution in [0.1, 0.15) is 48.7 Å². The zero-order valence-corrected chi connectivity index (χ0v) is 18.1. The molecule has 2 fully saturated rings. The lowest BCUT2D eigenvalue weighted by Gasteiger charge is -2.32. The maximum absolute atomic E-state index is 12.8. The Morgan fingerprint density at radius 3 is 2.41 bits per heavy atom. The van der Waals surface area contributed by atoms with E-state index in [4.69, 9.17) is 0 Å². The second-order valence-corrected chi connectivity index (χ2v) is 10.2.